The molecule has 1 aromatic carbocycles. The van der Waals surface area contributed by atoms with Crippen molar-refractivity contribution in [2.24, 2.45) is 0 Å². The molecule has 0 aliphatic carbocycles. The number of aromatic nitrogens is 1. The molecule has 2 aromatic rings. The number of aryl methyl sites for hydroxylation is 1. The monoisotopic (exact) mass is 336 g/mol. The minimum atomic E-state index is -0.350. The van der Waals surface area contributed by atoms with Crippen LogP contribution >= 0.6 is 15.9 Å². The van der Waals surface area contributed by atoms with Crippen LogP contribution in [-0.4, -0.2) is 23.1 Å². The number of hydrogen-bond donors (Lipinski definition) is 2. The molecule has 2 rings (SSSR count). The molecular formula is C14H13BrN2O3. The zero-order valence-corrected chi connectivity index (χ0v) is 12.6. The third-order valence-electron chi connectivity index (χ3n) is 2.73. The third-order valence-corrected chi connectivity index (χ3v) is 3.56. The van der Waals surface area contributed by atoms with Gasteiger partial charge in [0.25, 0.3) is 5.91 Å². The molecule has 5 nitrogen and oxygen atoms in total. The van der Waals surface area contributed by atoms with Crippen molar-refractivity contribution in [1.29, 1.82) is 0 Å². The van der Waals surface area contributed by atoms with Gasteiger partial charge in [0.2, 0.25) is 0 Å². The van der Waals surface area contributed by atoms with Crippen molar-refractivity contribution < 1.29 is 14.6 Å². The lowest BCUT2D eigenvalue weighted by molar-refractivity contribution is 0.102. The molecular weight excluding hydrogens is 324 g/mol. The van der Waals surface area contributed by atoms with E-state index in [0.29, 0.717) is 17.1 Å². The Hall–Kier alpha value is -2.08. The van der Waals surface area contributed by atoms with E-state index in [1.807, 2.05) is 6.92 Å². The lowest BCUT2D eigenvalue weighted by atomic mass is 10.2. The molecule has 0 fully saturated rings. The lowest BCUT2D eigenvalue weighted by Gasteiger charge is -2.08. The Morgan fingerprint density at radius 3 is 2.75 bits per heavy atom. The maximum atomic E-state index is 12.0. The highest BCUT2D eigenvalue weighted by molar-refractivity contribution is 9.10. The fraction of sp³-hybridized carbons (Fsp3) is 0.143. The van der Waals surface area contributed by atoms with Crippen LogP contribution in [0.4, 0.5) is 5.82 Å². The molecule has 104 valence electrons. The Labute approximate surface area is 124 Å². The summed E-state index contributed by atoms with van der Waals surface area (Å²) in [7, 11) is 1.45. The Morgan fingerprint density at radius 2 is 2.15 bits per heavy atom. The number of benzene rings is 1. The molecule has 0 spiro atoms. The van der Waals surface area contributed by atoms with Gasteiger partial charge in [0.05, 0.1) is 7.11 Å². The van der Waals surface area contributed by atoms with Gasteiger partial charge in [-0.25, -0.2) is 4.98 Å². The predicted molar refractivity (Wildman–Crippen MR) is 79.3 cm³/mol. The Morgan fingerprint density at radius 1 is 1.40 bits per heavy atom. The summed E-state index contributed by atoms with van der Waals surface area (Å²) in [5.74, 6) is 0.336. The number of carbonyl (C=O) groups is 1. The highest BCUT2D eigenvalue weighted by Crippen LogP contribution is 2.26. The Balaban J connectivity index is 2.19. The van der Waals surface area contributed by atoms with Crippen molar-refractivity contribution in [1.82, 2.24) is 4.98 Å². The number of aromatic hydroxyl groups is 1. The number of hydrogen-bond acceptors (Lipinski definition) is 4. The highest BCUT2D eigenvalue weighted by atomic mass is 79.9. The van der Waals surface area contributed by atoms with Crippen LogP contribution in [0, 0.1) is 6.92 Å². The second kappa shape index (κ2) is 5.92. The number of nitrogens with one attached hydrogen (secondary N) is 1. The van der Waals surface area contributed by atoms with Crippen LogP contribution in [0.5, 0.6) is 11.5 Å². The van der Waals surface area contributed by atoms with E-state index in [2.05, 4.69) is 26.2 Å². The zero-order chi connectivity index (χ0) is 14.7. The third kappa shape index (κ3) is 3.08. The minimum Gasteiger partial charge on any atom is -0.504 e. The fourth-order valence-corrected chi connectivity index (χ4v) is 1.84. The SMILES string of the molecule is COc1ccc(C(=O)Nc2cc(C)c(Br)cn2)cc1O. The summed E-state index contributed by atoms with van der Waals surface area (Å²) in [4.78, 5) is 16.1. The minimum absolute atomic E-state index is 0.0832. The number of anilines is 1. The van der Waals surface area contributed by atoms with Gasteiger partial charge in [0.15, 0.2) is 11.5 Å². The number of ether oxygens (including phenoxy) is 1. The van der Waals surface area contributed by atoms with E-state index in [-0.39, 0.29) is 11.7 Å². The molecule has 0 atom stereocenters. The Bertz CT molecular complexity index is 659. The van der Waals surface area contributed by atoms with Crippen LogP contribution < -0.4 is 10.1 Å². The first kappa shape index (κ1) is 14.3. The molecule has 0 unspecified atom stereocenters. The number of pyridine rings is 1. The van der Waals surface area contributed by atoms with Gasteiger partial charge in [-0.05, 0) is 52.7 Å². The van der Waals surface area contributed by atoms with Gasteiger partial charge in [-0.2, -0.15) is 0 Å². The number of phenolic OH excluding ortho intramolecular Hbond substituents is 1. The summed E-state index contributed by atoms with van der Waals surface area (Å²) in [5, 5.41) is 12.3. The molecule has 0 aliphatic rings. The van der Waals surface area contributed by atoms with Crippen LogP contribution in [0.25, 0.3) is 0 Å². The molecule has 0 aliphatic heterocycles. The first-order valence-corrected chi connectivity index (χ1v) is 6.61. The van der Waals surface area contributed by atoms with E-state index in [1.54, 1.807) is 18.3 Å². The zero-order valence-electron chi connectivity index (χ0n) is 11.0. The maximum Gasteiger partial charge on any atom is 0.256 e. The number of rotatable bonds is 3. The van der Waals surface area contributed by atoms with Crippen LogP contribution in [0.15, 0.2) is 34.9 Å². The molecule has 0 bridgehead atoms. The second-order valence-electron chi connectivity index (χ2n) is 4.16. The van der Waals surface area contributed by atoms with E-state index < -0.39 is 0 Å². The van der Waals surface area contributed by atoms with Gasteiger partial charge in [-0.15, -0.1) is 0 Å². The molecule has 6 heteroatoms. The number of nitrogens with zero attached hydrogens (tertiary/aromatic N) is 1. The molecule has 1 aromatic heterocycles. The number of carbonyl (C=O) groups excluding carboxylic acids is 1. The van der Waals surface area contributed by atoms with E-state index in [0.717, 1.165) is 10.0 Å². The fourth-order valence-electron chi connectivity index (χ4n) is 1.63. The summed E-state index contributed by atoms with van der Waals surface area (Å²) in [6.45, 7) is 1.90. The van der Waals surface area contributed by atoms with Crippen molar-refractivity contribution in [3.05, 3.63) is 46.1 Å². The Kier molecular flexibility index (Phi) is 4.24. The molecule has 0 saturated heterocycles. The quantitative estimate of drug-likeness (QED) is 0.903. The van der Waals surface area contributed by atoms with Crippen molar-refractivity contribution in [3.63, 3.8) is 0 Å². The average molecular weight is 337 g/mol. The van der Waals surface area contributed by atoms with Crippen molar-refractivity contribution in [2.75, 3.05) is 12.4 Å². The van der Waals surface area contributed by atoms with Crippen LogP contribution in [0.3, 0.4) is 0 Å². The smallest absolute Gasteiger partial charge is 0.256 e. The van der Waals surface area contributed by atoms with Gasteiger partial charge in [0, 0.05) is 16.2 Å². The summed E-state index contributed by atoms with van der Waals surface area (Å²) >= 11 is 3.34. The van der Waals surface area contributed by atoms with E-state index in [9.17, 15) is 9.90 Å². The maximum absolute atomic E-state index is 12.0. The normalized spacial score (nSPS) is 10.2. The van der Waals surface area contributed by atoms with Crippen molar-refractivity contribution >= 4 is 27.7 Å². The number of phenols is 1. The summed E-state index contributed by atoms with van der Waals surface area (Å²) in [5.41, 5.74) is 1.29. The average Bonchev–Trinajstić information content (AvgIpc) is 2.42. The number of amides is 1. The molecule has 20 heavy (non-hydrogen) atoms. The topological polar surface area (TPSA) is 71.5 Å². The first-order valence-electron chi connectivity index (χ1n) is 5.81. The van der Waals surface area contributed by atoms with E-state index in [4.69, 9.17) is 4.74 Å². The van der Waals surface area contributed by atoms with Crippen LogP contribution in [-0.2, 0) is 0 Å². The second-order valence-corrected chi connectivity index (χ2v) is 5.01. The van der Waals surface area contributed by atoms with Gasteiger partial charge in [0.1, 0.15) is 5.82 Å². The first-order chi connectivity index (χ1) is 9.51. The molecule has 0 saturated carbocycles. The van der Waals surface area contributed by atoms with Gasteiger partial charge < -0.3 is 15.2 Å². The van der Waals surface area contributed by atoms with Crippen molar-refractivity contribution in [2.45, 2.75) is 6.92 Å². The van der Waals surface area contributed by atoms with Crippen LogP contribution in [0.1, 0.15) is 15.9 Å². The number of methoxy groups -OCH3 is 1. The van der Waals surface area contributed by atoms with E-state index >= 15 is 0 Å². The standard InChI is InChI=1S/C14H13BrN2O3/c1-8-5-13(16-7-10(8)15)17-14(19)9-3-4-12(20-2)11(18)6-9/h3-7,18H,1-2H3,(H,16,17,19). The van der Waals surface area contributed by atoms with Crippen molar-refractivity contribution in [3.8, 4) is 11.5 Å². The predicted octanol–water partition coefficient (Wildman–Crippen LogP) is 3.12. The summed E-state index contributed by atoms with van der Waals surface area (Å²) in [6, 6.07) is 6.20. The van der Waals surface area contributed by atoms with Gasteiger partial charge in [-0.1, -0.05) is 0 Å². The molecule has 1 amide bonds. The molecule has 2 N–H and O–H groups in total. The summed E-state index contributed by atoms with van der Waals surface area (Å²) < 4.78 is 5.80. The summed E-state index contributed by atoms with van der Waals surface area (Å²) in [6.07, 6.45) is 1.62. The lowest BCUT2D eigenvalue weighted by Crippen LogP contribution is -2.13. The number of halogens is 1. The van der Waals surface area contributed by atoms with Gasteiger partial charge >= 0.3 is 0 Å². The highest BCUT2D eigenvalue weighted by Gasteiger charge is 2.10. The van der Waals surface area contributed by atoms with Gasteiger partial charge in [-0.3, -0.25) is 4.79 Å². The van der Waals surface area contributed by atoms with E-state index in [1.165, 1.54) is 19.2 Å². The molecule has 1 heterocycles. The van der Waals surface area contributed by atoms with Crippen LogP contribution in [0.2, 0.25) is 0 Å². The molecule has 0 radical (unpaired) electrons. The largest absolute Gasteiger partial charge is 0.504 e.